The third kappa shape index (κ3) is 2.48. The Bertz CT molecular complexity index is 600. The summed E-state index contributed by atoms with van der Waals surface area (Å²) >= 11 is 0. The number of sulfonamides is 1. The van der Waals surface area contributed by atoms with E-state index in [1.165, 1.54) is 15.4 Å². The highest BCUT2D eigenvalue weighted by atomic mass is 32.2. The number of nitrogens with zero attached hydrogens (tertiary/aromatic N) is 1. The van der Waals surface area contributed by atoms with Gasteiger partial charge in [0.05, 0.1) is 17.6 Å². The first-order chi connectivity index (χ1) is 9.61. The number of benzene rings is 1. The monoisotopic (exact) mass is 296 g/mol. The number of nitrogens with two attached hydrogens (primary N) is 1. The number of ether oxygens (including phenoxy) is 1. The Morgan fingerprint density at radius 2 is 2.10 bits per heavy atom. The van der Waals surface area contributed by atoms with Crippen molar-refractivity contribution in [3.05, 3.63) is 29.3 Å². The zero-order valence-corrected chi connectivity index (χ0v) is 12.2. The van der Waals surface area contributed by atoms with Crippen LogP contribution in [0.15, 0.2) is 23.1 Å². The molecule has 0 aromatic heterocycles. The lowest BCUT2D eigenvalue weighted by atomic mass is 10.1. The lowest BCUT2D eigenvalue weighted by molar-refractivity contribution is 0.00450. The molecule has 0 radical (unpaired) electrons. The molecule has 3 rings (SSSR count). The van der Waals surface area contributed by atoms with E-state index in [1.54, 1.807) is 6.07 Å². The van der Waals surface area contributed by atoms with Crippen LogP contribution in [0.25, 0.3) is 0 Å². The third-order valence-corrected chi connectivity index (χ3v) is 5.93. The molecule has 1 atom stereocenters. The van der Waals surface area contributed by atoms with Crippen molar-refractivity contribution in [2.45, 2.75) is 30.3 Å². The Morgan fingerprint density at radius 3 is 2.90 bits per heavy atom. The van der Waals surface area contributed by atoms with E-state index >= 15 is 0 Å². The van der Waals surface area contributed by atoms with Gasteiger partial charge in [0.2, 0.25) is 10.0 Å². The van der Waals surface area contributed by atoms with E-state index in [2.05, 4.69) is 0 Å². The summed E-state index contributed by atoms with van der Waals surface area (Å²) in [6.07, 6.45) is 2.95. The predicted molar refractivity (Wildman–Crippen MR) is 76.0 cm³/mol. The van der Waals surface area contributed by atoms with Crippen molar-refractivity contribution in [2.24, 2.45) is 5.73 Å². The molecule has 20 heavy (non-hydrogen) atoms. The fourth-order valence-corrected chi connectivity index (χ4v) is 4.42. The second-order valence-corrected chi connectivity index (χ2v) is 7.31. The van der Waals surface area contributed by atoms with Crippen LogP contribution in [0, 0.1) is 0 Å². The maximum Gasteiger partial charge on any atom is 0.243 e. The molecular formula is C14H20N2O3S. The minimum atomic E-state index is -3.43. The van der Waals surface area contributed by atoms with Gasteiger partial charge in [-0.3, -0.25) is 0 Å². The van der Waals surface area contributed by atoms with E-state index in [0.29, 0.717) is 31.1 Å². The van der Waals surface area contributed by atoms with Crippen LogP contribution >= 0.6 is 0 Å². The molecule has 1 aliphatic heterocycles. The van der Waals surface area contributed by atoms with Crippen LogP contribution in [0.2, 0.25) is 0 Å². The van der Waals surface area contributed by atoms with E-state index in [9.17, 15) is 8.42 Å². The van der Waals surface area contributed by atoms with E-state index < -0.39 is 10.0 Å². The maximum absolute atomic E-state index is 12.7. The molecule has 1 aromatic rings. The van der Waals surface area contributed by atoms with Crippen molar-refractivity contribution >= 4 is 10.0 Å². The molecular weight excluding hydrogens is 276 g/mol. The van der Waals surface area contributed by atoms with Gasteiger partial charge in [-0.25, -0.2) is 8.42 Å². The normalized spacial score (nSPS) is 23.8. The predicted octanol–water partition coefficient (Wildman–Crippen LogP) is 0.524. The van der Waals surface area contributed by atoms with Crippen molar-refractivity contribution in [1.29, 1.82) is 0 Å². The Labute approximate surface area is 119 Å². The van der Waals surface area contributed by atoms with Gasteiger partial charge in [0, 0.05) is 19.6 Å². The van der Waals surface area contributed by atoms with Crippen molar-refractivity contribution in [2.75, 3.05) is 26.2 Å². The number of hydrogen-bond acceptors (Lipinski definition) is 4. The van der Waals surface area contributed by atoms with Gasteiger partial charge in [0.15, 0.2) is 0 Å². The molecule has 1 heterocycles. The minimum Gasteiger partial charge on any atom is -0.374 e. The molecule has 0 unspecified atom stereocenters. The van der Waals surface area contributed by atoms with E-state index in [4.69, 9.17) is 10.5 Å². The van der Waals surface area contributed by atoms with Crippen molar-refractivity contribution in [1.82, 2.24) is 4.31 Å². The van der Waals surface area contributed by atoms with Crippen molar-refractivity contribution in [3.63, 3.8) is 0 Å². The second kappa shape index (κ2) is 5.44. The van der Waals surface area contributed by atoms with Gasteiger partial charge in [-0.15, -0.1) is 0 Å². The molecule has 2 N–H and O–H groups in total. The summed E-state index contributed by atoms with van der Waals surface area (Å²) in [4.78, 5) is 0.399. The molecule has 1 fully saturated rings. The molecule has 0 spiro atoms. The van der Waals surface area contributed by atoms with Crippen LogP contribution < -0.4 is 5.73 Å². The van der Waals surface area contributed by atoms with Gasteiger partial charge >= 0.3 is 0 Å². The second-order valence-electron chi connectivity index (χ2n) is 5.38. The zero-order chi connectivity index (χ0) is 14.2. The Morgan fingerprint density at radius 1 is 1.30 bits per heavy atom. The molecule has 1 saturated heterocycles. The molecule has 0 bridgehead atoms. The van der Waals surface area contributed by atoms with Crippen LogP contribution in [0.4, 0.5) is 0 Å². The number of hydrogen-bond donors (Lipinski definition) is 1. The highest BCUT2D eigenvalue weighted by Gasteiger charge is 2.30. The smallest absolute Gasteiger partial charge is 0.243 e. The molecule has 110 valence electrons. The maximum atomic E-state index is 12.7. The number of rotatable bonds is 3. The number of aryl methyl sites for hydroxylation is 2. The highest BCUT2D eigenvalue weighted by molar-refractivity contribution is 7.89. The summed E-state index contributed by atoms with van der Waals surface area (Å²) in [5.74, 6) is 0. The first-order valence-electron chi connectivity index (χ1n) is 7.05. The molecule has 0 amide bonds. The van der Waals surface area contributed by atoms with Gasteiger partial charge in [0.25, 0.3) is 0 Å². The summed E-state index contributed by atoms with van der Waals surface area (Å²) in [7, 11) is -3.43. The molecule has 2 aliphatic rings. The standard InChI is InChI=1S/C14H20N2O3S/c15-9-13-10-16(6-7-19-13)20(17,18)14-5-4-11-2-1-3-12(11)8-14/h4-5,8,13H,1-3,6-7,9-10,15H2/t13-/m1/s1. The third-order valence-electron chi connectivity index (χ3n) is 4.07. The topological polar surface area (TPSA) is 72.6 Å². The van der Waals surface area contributed by atoms with Gasteiger partial charge in [-0.2, -0.15) is 4.31 Å². The van der Waals surface area contributed by atoms with Crippen LogP contribution in [0.1, 0.15) is 17.5 Å². The molecule has 5 nitrogen and oxygen atoms in total. The quantitative estimate of drug-likeness (QED) is 0.883. The summed E-state index contributed by atoms with van der Waals surface area (Å²) in [5, 5.41) is 0. The lowest BCUT2D eigenvalue weighted by Gasteiger charge is -2.31. The summed E-state index contributed by atoms with van der Waals surface area (Å²) in [5.41, 5.74) is 8.03. The Hall–Kier alpha value is -0.950. The molecule has 0 saturated carbocycles. The first kappa shape index (κ1) is 14.0. The summed E-state index contributed by atoms with van der Waals surface area (Å²) in [6, 6.07) is 5.52. The fourth-order valence-electron chi connectivity index (χ4n) is 2.91. The SMILES string of the molecule is NC[C@@H]1CN(S(=O)(=O)c2ccc3c(c2)CCC3)CCO1. The number of morpholine rings is 1. The van der Waals surface area contributed by atoms with Crippen LogP contribution in [0.3, 0.4) is 0 Å². The highest BCUT2D eigenvalue weighted by Crippen LogP contribution is 2.26. The van der Waals surface area contributed by atoms with Gasteiger partial charge in [-0.1, -0.05) is 6.07 Å². The zero-order valence-electron chi connectivity index (χ0n) is 11.4. The van der Waals surface area contributed by atoms with Gasteiger partial charge < -0.3 is 10.5 Å². The van der Waals surface area contributed by atoms with Gasteiger partial charge in [-0.05, 0) is 42.5 Å². The lowest BCUT2D eigenvalue weighted by Crippen LogP contribution is -2.48. The first-order valence-corrected chi connectivity index (χ1v) is 8.49. The minimum absolute atomic E-state index is 0.201. The molecule has 1 aromatic carbocycles. The summed E-state index contributed by atoms with van der Waals surface area (Å²) < 4.78 is 32.3. The number of fused-ring (bicyclic) bond motifs is 1. The van der Waals surface area contributed by atoms with Gasteiger partial charge in [0.1, 0.15) is 0 Å². The van der Waals surface area contributed by atoms with Crippen molar-refractivity contribution in [3.8, 4) is 0 Å². The fraction of sp³-hybridized carbons (Fsp3) is 0.571. The Balaban J connectivity index is 1.87. The summed E-state index contributed by atoms with van der Waals surface area (Å²) in [6.45, 7) is 1.49. The van der Waals surface area contributed by atoms with Crippen molar-refractivity contribution < 1.29 is 13.2 Å². The molecule has 1 aliphatic carbocycles. The van der Waals surface area contributed by atoms with E-state index in [1.807, 2.05) is 12.1 Å². The largest absolute Gasteiger partial charge is 0.374 e. The van der Waals surface area contributed by atoms with Crippen LogP contribution in [-0.2, 0) is 27.6 Å². The van der Waals surface area contributed by atoms with Crippen LogP contribution in [-0.4, -0.2) is 45.1 Å². The van der Waals surface area contributed by atoms with E-state index in [0.717, 1.165) is 19.3 Å². The molecule has 6 heteroatoms. The van der Waals surface area contributed by atoms with E-state index in [-0.39, 0.29) is 6.10 Å². The average Bonchev–Trinajstić information content (AvgIpc) is 2.94. The van der Waals surface area contributed by atoms with Crippen LogP contribution in [0.5, 0.6) is 0 Å². The average molecular weight is 296 g/mol. The Kier molecular flexibility index (Phi) is 3.81.